The molecule has 0 unspecified atom stereocenters. The number of carbonyl (C=O) groups excluding carboxylic acids is 2. The molecule has 8 heteroatoms. The van der Waals surface area contributed by atoms with Gasteiger partial charge in [0.15, 0.2) is 11.8 Å². The predicted molar refractivity (Wildman–Crippen MR) is 146 cm³/mol. The smallest absolute Gasteiger partial charge is 0.362 e. The van der Waals surface area contributed by atoms with Gasteiger partial charge in [-0.1, -0.05) is 64.4 Å². The van der Waals surface area contributed by atoms with E-state index in [0.717, 1.165) is 19.3 Å². The molecule has 0 aliphatic heterocycles. The highest BCUT2D eigenvalue weighted by molar-refractivity contribution is 6.11. The maximum absolute atomic E-state index is 12.8. The molecule has 0 saturated heterocycles. The number of ketones is 1. The first-order valence-electron chi connectivity index (χ1n) is 13.9. The Morgan fingerprint density at radius 2 is 1.46 bits per heavy atom. The number of aliphatic carboxylic acids is 1. The third kappa shape index (κ3) is 15.3. The summed E-state index contributed by atoms with van der Waals surface area (Å²) in [7, 11) is 5.39. The lowest BCUT2D eigenvalue weighted by Crippen LogP contribution is -2.50. The number of ether oxygens (including phenoxy) is 2. The maximum Gasteiger partial charge on any atom is 0.362 e. The van der Waals surface area contributed by atoms with Crippen molar-refractivity contribution in [2.45, 2.75) is 110 Å². The molecule has 2 atom stereocenters. The molecule has 0 radical (unpaired) electrons. The molecule has 216 valence electrons. The minimum atomic E-state index is -1.35. The second kappa shape index (κ2) is 18.5. The van der Waals surface area contributed by atoms with Crippen LogP contribution in [-0.2, 0) is 23.9 Å². The number of unbranched alkanes of at least 4 members (excludes halogenated alkanes) is 9. The number of esters is 1. The predicted octanol–water partition coefficient (Wildman–Crippen LogP) is 4.92. The van der Waals surface area contributed by atoms with Crippen LogP contribution in [0.4, 0.5) is 0 Å². The number of hydrogen-bond acceptors (Lipinski definition) is 6. The molecule has 0 bridgehead atoms. The van der Waals surface area contributed by atoms with Crippen molar-refractivity contribution < 1.29 is 38.6 Å². The monoisotopic (exact) mass is 528 g/mol. The molecule has 2 N–H and O–H groups in total. The Balaban J connectivity index is 4.32. The van der Waals surface area contributed by atoms with Gasteiger partial charge in [0.2, 0.25) is 0 Å². The molecule has 0 aromatic rings. The first kappa shape index (κ1) is 35.2. The van der Waals surface area contributed by atoms with Gasteiger partial charge in [-0.3, -0.25) is 9.59 Å². The van der Waals surface area contributed by atoms with Gasteiger partial charge in [0.25, 0.3) is 0 Å². The standard InChI is InChI=1S/C29H53NO7/c1-8-9-10-11-12-13-14-15-16-17-18-23(2)26(32)29(3,4)28(35)37-22-24(31)21-36-20-19-25(27(33)34)30(5,6)7/h18,24-25,31H,8-17,19-22H2,1-7H3/p+1/b23-18+/t24-,25-/m0/s1. The van der Waals surface area contributed by atoms with Crippen molar-refractivity contribution in [3.63, 3.8) is 0 Å². The van der Waals surface area contributed by atoms with E-state index in [0.29, 0.717) is 5.57 Å². The van der Waals surface area contributed by atoms with Gasteiger partial charge in [0.1, 0.15) is 18.1 Å². The molecule has 0 aromatic heterocycles. The van der Waals surface area contributed by atoms with E-state index in [1.54, 1.807) is 28.1 Å². The zero-order chi connectivity index (χ0) is 28.5. The second-order valence-corrected chi connectivity index (χ2v) is 11.5. The van der Waals surface area contributed by atoms with Crippen LogP contribution in [0.1, 0.15) is 98.3 Å². The molecule has 0 fully saturated rings. The number of Topliss-reactive ketones (excluding diaryl/α,β-unsaturated/α-hetero) is 1. The number of rotatable bonds is 22. The van der Waals surface area contributed by atoms with Gasteiger partial charge in [0, 0.05) is 6.42 Å². The van der Waals surface area contributed by atoms with Crippen LogP contribution in [0.5, 0.6) is 0 Å². The largest absolute Gasteiger partial charge is 0.477 e. The second-order valence-electron chi connectivity index (χ2n) is 11.5. The summed E-state index contributed by atoms with van der Waals surface area (Å²) in [5.74, 6) is -1.88. The SMILES string of the molecule is CCCCCCCCCCC/C=C(\C)C(=O)C(C)(C)C(=O)OC[C@@H](O)COCC[C@@H](C(=O)O)[N+](C)(C)C. The van der Waals surface area contributed by atoms with Crippen molar-refractivity contribution in [1.82, 2.24) is 0 Å². The summed E-state index contributed by atoms with van der Waals surface area (Å²) in [6, 6.07) is -0.626. The number of quaternary nitrogens is 1. The third-order valence-electron chi connectivity index (χ3n) is 6.67. The minimum absolute atomic E-state index is 0.0944. The van der Waals surface area contributed by atoms with Crippen molar-refractivity contribution in [2.24, 2.45) is 5.41 Å². The van der Waals surface area contributed by atoms with Crippen molar-refractivity contribution in [2.75, 3.05) is 41.0 Å². The highest BCUT2D eigenvalue weighted by atomic mass is 16.5. The lowest BCUT2D eigenvalue weighted by atomic mass is 9.84. The van der Waals surface area contributed by atoms with E-state index in [1.165, 1.54) is 58.8 Å². The maximum atomic E-state index is 12.8. The quantitative estimate of drug-likeness (QED) is 0.0675. The Labute approximate surface area is 225 Å². The van der Waals surface area contributed by atoms with E-state index in [1.807, 2.05) is 6.08 Å². The molecule has 0 rings (SSSR count). The van der Waals surface area contributed by atoms with E-state index in [9.17, 15) is 24.6 Å². The van der Waals surface area contributed by atoms with E-state index >= 15 is 0 Å². The number of aliphatic hydroxyl groups excluding tert-OH is 1. The average Bonchev–Trinajstić information content (AvgIpc) is 2.81. The summed E-state index contributed by atoms with van der Waals surface area (Å²) in [6.45, 7) is 6.79. The fourth-order valence-electron chi connectivity index (χ4n) is 4.11. The number of hydrogen-bond donors (Lipinski definition) is 2. The van der Waals surface area contributed by atoms with Gasteiger partial charge in [-0.25, -0.2) is 4.79 Å². The highest BCUT2D eigenvalue weighted by Gasteiger charge is 2.38. The molecule has 0 aliphatic carbocycles. The minimum Gasteiger partial charge on any atom is -0.477 e. The van der Waals surface area contributed by atoms with E-state index in [-0.39, 0.29) is 36.5 Å². The Morgan fingerprint density at radius 1 is 0.919 bits per heavy atom. The van der Waals surface area contributed by atoms with Crippen LogP contribution in [0.15, 0.2) is 11.6 Å². The summed E-state index contributed by atoms with van der Waals surface area (Å²) >= 11 is 0. The van der Waals surface area contributed by atoms with Gasteiger partial charge >= 0.3 is 11.9 Å². The van der Waals surface area contributed by atoms with Crippen LogP contribution in [0.25, 0.3) is 0 Å². The third-order valence-corrected chi connectivity index (χ3v) is 6.67. The summed E-state index contributed by atoms with van der Waals surface area (Å²) in [5, 5.41) is 19.4. The van der Waals surface area contributed by atoms with Crippen LogP contribution in [-0.4, -0.2) is 85.5 Å². The summed E-state index contributed by atoms with van der Waals surface area (Å²) < 4.78 is 10.8. The molecule has 0 amide bonds. The first-order chi connectivity index (χ1) is 17.2. The molecule has 0 aliphatic rings. The van der Waals surface area contributed by atoms with Gasteiger partial charge < -0.3 is 24.2 Å². The fraction of sp³-hybridized carbons (Fsp3) is 0.828. The van der Waals surface area contributed by atoms with E-state index < -0.39 is 29.5 Å². The van der Waals surface area contributed by atoms with Crippen LogP contribution in [0.3, 0.4) is 0 Å². The Morgan fingerprint density at radius 3 is 1.97 bits per heavy atom. The van der Waals surface area contributed by atoms with E-state index in [2.05, 4.69) is 6.92 Å². The normalized spacial score (nSPS) is 14.3. The number of carboxylic acid groups (broad SMARTS) is 1. The number of aliphatic hydroxyl groups is 1. The summed E-state index contributed by atoms with van der Waals surface area (Å²) in [6.07, 6.45) is 13.1. The number of carbonyl (C=O) groups is 3. The highest BCUT2D eigenvalue weighted by Crippen LogP contribution is 2.24. The Bertz CT molecular complexity index is 710. The Kier molecular flexibility index (Phi) is 17.6. The molecule has 0 spiro atoms. The number of likely N-dealkylation sites (N-methyl/N-ethyl adjacent to an activating group) is 1. The zero-order valence-corrected chi connectivity index (χ0v) is 24.5. The number of carboxylic acids is 1. The van der Waals surface area contributed by atoms with Crippen LogP contribution >= 0.6 is 0 Å². The number of nitrogens with zero attached hydrogens (tertiary/aromatic N) is 1. The zero-order valence-electron chi connectivity index (χ0n) is 24.5. The fourth-order valence-corrected chi connectivity index (χ4v) is 4.11. The molecule has 8 nitrogen and oxygen atoms in total. The Hall–Kier alpha value is -1.77. The summed E-state index contributed by atoms with van der Waals surface area (Å²) in [5.41, 5.74) is -0.797. The molecule has 0 heterocycles. The van der Waals surface area contributed by atoms with Crippen molar-refractivity contribution >= 4 is 17.7 Å². The molecular weight excluding hydrogens is 474 g/mol. The molecule has 0 saturated carbocycles. The van der Waals surface area contributed by atoms with E-state index in [4.69, 9.17) is 9.47 Å². The van der Waals surface area contributed by atoms with Crippen molar-refractivity contribution in [3.8, 4) is 0 Å². The number of allylic oxidation sites excluding steroid dienone is 2. The topological polar surface area (TPSA) is 110 Å². The van der Waals surface area contributed by atoms with Gasteiger partial charge in [-0.2, -0.15) is 0 Å². The van der Waals surface area contributed by atoms with Gasteiger partial charge in [-0.15, -0.1) is 0 Å². The van der Waals surface area contributed by atoms with Crippen LogP contribution < -0.4 is 0 Å². The van der Waals surface area contributed by atoms with Gasteiger partial charge in [-0.05, 0) is 39.2 Å². The lowest BCUT2D eigenvalue weighted by molar-refractivity contribution is -0.887. The molecule has 37 heavy (non-hydrogen) atoms. The first-order valence-corrected chi connectivity index (χ1v) is 13.9. The molecule has 0 aromatic carbocycles. The van der Waals surface area contributed by atoms with Gasteiger partial charge in [0.05, 0.1) is 34.4 Å². The van der Waals surface area contributed by atoms with Crippen molar-refractivity contribution in [3.05, 3.63) is 11.6 Å². The van der Waals surface area contributed by atoms with Crippen LogP contribution in [0, 0.1) is 5.41 Å². The van der Waals surface area contributed by atoms with Crippen LogP contribution in [0.2, 0.25) is 0 Å². The summed E-state index contributed by atoms with van der Waals surface area (Å²) in [4.78, 5) is 36.8. The average molecular weight is 529 g/mol. The molecular formula is C29H54NO7+. The lowest BCUT2D eigenvalue weighted by Gasteiger charge is -2.31. The van der Waals surface area contributed by atoms with Crippen molar-refractivity contribution in [1.29, 1.82) is 0 Å².